The monoisotopic (exact) mass is 523 g/mol. The summed E-state index contributed by atoms with van der Waals surface area (Å²) in [6, 6.07) is 4.18. The van der Waals surface area contributed by atoms with E-state index in [-0.39, 0.29) is 53.2 Å². The summed E-state index contributed by atoms with van der Waals surface area (Å²) in [6.45, 7) is 6.17. The number of amides is 1. The fraction of sp³-hybridized carbons (Fsp3) is 0.417. The van der Waals surface area contributed by atoms with E-state index >= 15 is 0 Å². The molecule has 1 saturated heterocycles. The molecular formula is C24H25F4N5O4. The van der Waals surface area contributed by atoms with Gasteiger partial charge in [0.05, 0.1) is 12.5 Å². The van der Waals surface area contributed by atoms with E-state index in [1.165, 1.54) is 17.0 Å². The van der Waals surface area contributed by atoms with Crippen LogP contribution in [-0.2, 0) is 10.9 Å². The molecule has 0 radical (unpaired) electrons. The van der Waals surface area contributed by atoms with Crippen LogP contribution in [0, 0.1) is 5.82 Å². The number of piperazine rings is 1. The summed E-state index contributed by atoms with van der Waals surface area (Å²) >= 11 is 0. The molecule has 1 aromatic carbocycles. The highest BCUT2D eigenvalue weighted by molar-refractivity contribution is 5.89. The Kier molecular flexibility index (Phi) is 6.74. The number of fused-ring (bicyclic) bond motifs is 1. The van der Waals surface area contributed by atoms with Crippen molar-refractivity contribution in [2.45, 2.75) is 32.5 Å². The first kappa shape index (κ1) is 26.2. The number of carbonyl (C=O) groups excluding carboxylic acids is 1. The smallest absolute Gasteiger partial charge is 0.431 e. The van der Waals surface area contributed by atoms with Gasteiger partial charge in [0.1, 0.15) is 40.4 Å². The predicted octanol–water partition coefficient (Wildman–Crippen LogP) is 4.00. The molecule has 4 rings (SSSR count). The van der Waals surface area contributed by atoms with Crippen LogP contribution in [0.15, 0.2) is 35.4 Å². The van der Waals surface area contributed by atoms with Gasteiger partial charge in [0, 0.05) is 26.2 Å². The number of nitrogens with zero attached hydrogens (tertiary/aromatic N) is 5. The number of halogens is 4. The van der Waals surface area contributed by atoms with Gasteiger partial charge in [0.15, 0.2) is 5.82 Å². The lowest BCUT2D eigenvalue weighted by Gasteiger charge is -2.36. The molecule has 1 aliphatic rings. The van der Waals surface area contributed by atoms with Gasteiger partial charge in [-0.15, -0.1) is 0 Å². The van der Waals surface area contributed by atoms with E-state index in [0.717, 1.165) is 25.6 Å². The largest absolute Gasteiger partial charge is 0.494 e. The number of aromatic nitrogens is 3. The standard InChI is InChI=1S/C24H25F4N5O4/c1-23(2,3)37-22(35)32-10-8-31(9-11-32)20-14-12-17(24(26,27)28)33(21(34)18(14)29-13-30-20)19-15(25)6-5-7-16(19)36-4/h5-7,12-13H,8-11H2,1-4H3. The van der Waals surface area contributed by atoms with E-state index < -0.39 is 40.6 Å². The van der Waals surface area contributed by atoms with Gasteiger partial charge in [-0.25, -0.2) is 19.2 Å². The molecule has 0 bridgehead atoms. The second-order valence-corrected chi connectivity index (χ2v) is 9.37. The van der Waals surface area contributed by atoms with Crippen molar-refractivity contribution in [3.8, 4) is 11.4 Å². The average molecular weight is 523 g/mol. The molecule has 198 valence electrons. The topological polar surface area (TPSA) is 89.8 Å². The van der Waals surface area contributed by atoms with Gasteiger partial charge >= 0.3 is 12.3 Å². The van der Waals surface area contributed by atoms with Gasteiger partial charge in [-0.3, -0.25) is 9.36 Å². The number of rotatable bonds is 3. The van der Waals surface area contributed by atoms with Gasteiger partial charge in [-0.1, -0.05) is 6.07 Å². The fourth-order valence-electron chi connectivity index (χ4n) is 4.09. The van der Waals surface area contributed by atoms with Crippen LogP contribution in [0.2, 0.25) is 0 Å². The molecule has 3 aromatic rings. The molecule has 13 heteroatoms. The zero-order valence-electron chi connectivity index (χ0n) is 20.6. The van der Waals surface area contributed by atoms with Crippen molar-refractivity contribution in [2.75, 3.05) is 38.2 Å². The van der Waals surface area contributed by atoms with Crippen molar-refractivity contribution in [1.29, 1.82) is 0 Å². The number of pyridine rings is 1. The third-order valence-corrected chi connectivity index (χ3v) is 5.71. The minimum absolute atomic E-state index is 0.101. The number of hydrogen-bond donors (Lipinski definition) is 0. The molecule has 0 spiro atoms. The number of carbonyl (C=O) groups is 1. The Morgan fingerprint density at radius 2 is 1.73 bits per heavy atom. The lowest BCUT2D eigenvalue weighted by molar-refractivity contribution is -0.142. The summed E-state index contributed by atoms with van der Waals surface area (Å²) in [7, 11) is 1.16. The number of ether oxygens (including phenoxy) is 2. The first-order valence-corrected chi connectivity index (χ1v) is 11.4. The summed E-state index contributed by atoms with van der Waals surface area (Å²) in [4.78, 5) is 37.0. The summed E-state index contributed by atoms with van der Waals surface area (Å²) in [5.41, 5.74) is -4.25. The molecule has 0 atom stereocenters. The first-order chi connectivity index (χ1) is 17.3. The lowest BCUT2D eigenvalue weighted by Crippen LogP contribution is -2.50. The molecular weight excluding hydrogens is 498 g/mol. The highest BCUT2D eigenvalue weighted by Gasteiger charge is 2.38. The van der Waals surface area contributed by atoms with Crippen LogP contribution in [0.4, 0.5) is 28.2 Å². The number of benzene rings is 1. The van der Waals surface area contributed by atoms with Crippen LogP contribution in [0.3, 0.4) is 0 Å². The van der Waals surface area contributed by atoms with Crippen molar-refractivity contribution >= 4 is 22.8 Å². The minimum atomic E-state index is -5.02. The molecule has 0 unspecified atom stereocenters. The lowest BCUT2D eigenvalue weighted by atomic mass is 10.1. The third-order valence-electron chi connectivity index (χ3n) is 5.71. The van der Waals surface area contributed by atoms with Gasteiger partial charge in [-0.05, 0) is 39.0 Å². The molecule has 3 heterocycles. The second kappa shape index (κ2) is 9.52. The second-order valence-electron chi connectivity index (χ2n) is 9.37. The van der Waals surface area contributed by atoms with E-state index in [4.69, 9.17) is 9.47 Å². The van der Waals surface area contributed by atoms with Crippen molar-refractivity contribution in [2.24, 2.45) is 0 Å². The number of hydrogen-bond acceptors (Lipinski definition) is 7. The van der Waals surface area contributed by atoms with Crippen LogP contribution in [0.5, 0.6) is 5.75 Å². The Balaban J connectivity index is 1.80. The zero-order chi connectivity index (χ0) is 27.1. The van der Waals surface area contributed by atoms with Crippen molar-refractivity contribution in [3.63, 3.8) is 0 Å². The molecule has 0 N–H and O–H groups in total. The van der Waals surface area contributed by atoms with Gasteiger partial charge in [-0.2, -0.15) is 13.2 Å². The van der Waals surface area contributed by atoms with E-state index in [1.54, 1.807) is 25.7 Å². The normalized spacial score (nSPS) is 14.7. The van der Waals surface area contributed by atoms with E-state index in [9.17, 15) is 27.2 Å². The Bertz CT molecular complexity index is 1390. The minimum Gasteiger partial charge on any atom is -0.494 e. The van der Waals surface area contributed by atoms with Crippen LogP contribution in [-0.4, -0.2) is 64.4 Å². The van der Waals surface area contributed by atoms with E-state index in [0.29, 0.717) is 0 Å². The van der Waals surface area contributed by atoms with Crippen molar-refractivity contribution in [3.05, 3.63) is 52.5 Å². The van der Waals surface area contributed by atoms with Crippen molar-refractivity contribution in [1.82, 2.24) is 19.4 Å². The van der Waals surface area contributed by atoms with E-state index in [1.807, 2.05) is 0 Å². The number of anilines is 1. The maximum absolute atomic E-state index is 14.8. The molecule has 0 aliphatic carbocycles. The Labute approximate surface area is 209 Å². The highest BCUT2D eigenvalue weighted by Crippen LogP contribution is 2.36. The number of methoxy groups -OCH3 is 1. The van der Waals surface area contributed by atoms with Gasteiger partial charge < -0.3 is 19.3 Å². The SMILES string of the molecule is COc1cccc(F)c1-n1c(C(F)(F)F)cc2c(N3CCN(C(=O)OC(C)(C)C)CC3)ncnc2c1=O. The number of para-hydroxylation sites is 1. The Morgan fingerprint density at radius 1 is 1.05 bits per heavy atom. The Hall–Kier alpha value is -3.90. The van der Waals surface area contributed by atoms with Crippen LogP contribution in [0.1, 0.15) is 26.5 Å². The van der Waals surface area contributed by atoms with Crippen LogP contribution >= 0.6 is 0 Å². The van der Waals surface area contributed by atoms with Crippen LogP contribution in [0.25, 0.3) is 16.6 Å². The molecule has 9 nitrogen and oxygen atoms in total. The quantitative estimate of drug-likeness (QED) is 0.480. The summed E-state index contributed by atoms with van der Waals surface area (Å²) in [5.74, 6) is -1.22. The molecule has 37 heavy (non-hydrogen) atoms. The zero-order valence-corrected chi connectivity index (χ0v) is 20.6. The number of alkyl halides is 3. The van der Waals surface area contributed by atoms with Gasteiger partial charge in [0.2, 0.25) is 0 Å². The molecule has 1 amide bonds. The van der Waals surface area contributed by atoms with Gasteiger partial charge in [0.25, 0.3) is 5.56 Å². The molecule has 1 fully saturated rings. The average Bonchev–Trinajstić information content (AvgIpc) is 2.82. The van der Waals surface area contributed by atoms with E-state index in [2.05, 4.69) is 9.97 Å². The van der Waals surface area contributed by atoms with Crippen LogP contribution < -0.4 is 15.2 Å². The summed E-state index contributed by atoms with van der Waals surface area (Å²) in [6.07, 6.45) is -4.46. The molecule has 2 aromatic heterocycles. The maximum Gasteiger partial charge on any atom is 0.431 e. The predicted molar refractivity (Wildman–Crippen MR) is 127 cm³/mol. The molecule has 0 saturated carbocycles. The van der Waals surface area contributed by atoms with Crippen molar-refractivity contribution < 1.29 is 31.8 Å². The highest BCUT2D eigenvalue weighted by atomic mass is 19.4. The summed E-state index contributed by atoms with van der Waals surface area (Å²) in [5, 5.41) is -0.142. The summed E-state index contributed by atoms with van der Waals surface area (Å²) < 4.78 is 68.1. The Morgan fingerprint density at radius 3 is 2.32 bits per heavy atom. The molecule has 1 aliphatic heterocycles. The first-order valence-electron chi connectivity index (χ1n) is 11.4. The third kappa shape index (κ3) is 5.16. The maximum atomic E-state index is 14.8. The fourth-order valence-corrected chi connectivity index (χ4v) is 4.09.